The predicted molar refractivity (Wildman–Crippen MR) is 89.0 cm³/mol. The Morgan fingerprint density at radius 2 is 1.86 bits per heavy atom. The van der Waals surface area contributed by atoms with Crippen LogP contribution in [0.4, 0.5) is 10.1 Å². The molecule has 0 aliphatic carbocycles. The van der Waals surface area contributed by atoms with Gasteiger partial charge in [-0.25, -0.2) is 9.38 Å². The van der Waals surface area contributed by atoms with E-state index in [4.69, 9.17) is 5.73 Å². The van der Waals surface area contributed by atoms with Gasteiger partial charge >= 0.3 is 0 Å². The number of nitrogens with zero attached hydrogens (tertiary/aromatic N) is 1. The van der Waals surface area contributed by atoms with Crippen molar-refractivity contribution in [3.05, 3.63) is 63.4 Å². The van der Waals surface area contributed by atoms with Gasteiger partial charge in [0.05, 0.1) is 11.0 Å². The Bertz CT molecular complexity index is 663. The van der Waals surface area contributed by atoms with Crippen molar-refractivity contribution >= 4 is 27.6 Å². The van der Waals surface area contributed by atoms with Gasteiger partial charge in [0.25, 0.3) is 0 Å². The fourth-order valence-electron chi connectivity index (χ4n) is 2.05. The second kappa shape index (κ2) is 6.72. The third-order valence-electron chi connectivity index (χ3n) is 2.91. The molecule has 0 fully saturated rings. The summed E-state index contributed by atoms with van der Waals surface area (Å²) in [5, 5.41) is 3.04. The number of nitrogens with one attached hydrogen (secondary N) is 1. The zero-order valence-corrected chi connectivity index (χ0v) is 13.5. The van der Waals surface area contributed by atoms with Crippen LogP contribution in [0.2, 0.25) is 0 Å². The van der Waals surface area contributed by atoms with Gasteiger partial charge in [0.15, 0.2) is 5.96 Å². The Morgan fingerprint density at radius 1 is 1.19 bits per heavy atom. The van der Waals surface area contributed by atoms with Crippen molar-refractivity contribution in [2.45, 2.75) is 20.4 Å². The number of aliphatic imine (C=N–C) groups is 1. The SMILES string of the molecule is Cc1cc(C)cc(NC(N)=NCc2ccc(Br)c(F)c2)c1. The molecular formula is C16H17BrFN3. The summed E-state index contributed by atoms with van der Waals surface area (Å²) in [5.41, 5.74) is 9.83. The summed E-state index contributed by atoms with van der Waals surface area (Å²) in [7, 11) is 0. The van der Waals surface area contributed by atoms with E-state index in [1.165, 1.54) is 6.07 Å². The molecule has 0 saturated carbocycles. The van der Waals surface area contributed by atoms with Crippen LogP contribution in [0.25, 0.3) is 0 Å². The Kier molecular flexibility index (Phi) is 4.96. The third-order valence-corrected chi connectivity index (χ3v) is 3.55. The molecule has 0 aliphatic rings. The highest BCUT2D eigenvalue weighted by Gasteiger charge is 2.01. The zero-order valence-electron chi connectivity index (χ0n) is 12.0. The fourth-order valence-corrected chi connectivity index (χ4v) is 2.30. The highest BCUT2D eigenvalue weighted by Crippen LogP contribution is 2.17. The average molecular weight is 350 g/mol. The van der Waals surface area contributed by atoms with Crippen molar-refractivity contribution < 1.29 is 4.39 Å². The van der Waals surface area contributed by atoms with Crippen molar-refractivity contribution in [3.8, 4) is 0 Å². The van der Waals surface area contributed by atoms with Crippen LogP contribution >= 0.6 is 15.9 Å². The summed E-state index contributed by atoms with van der Waals surface area (Å²) in [6, 6.07) is 11.0. The van der Waals surface area contributed by atoms with Crippen LogP contribution in [0.1, 0.15) is 16.7 Å². The van der Waals surface area contributed by atoms with Crippen molar-refractivity contribution in [2.75, 3.05) is 5.32 Å². The maximum Gasteiger partial charge on any atom is 0.193 e. The molecule has 0 aromatic heterocycles. The molecule has 0 spiro atoms. The van der Waals surface area contributed by atoms with Gasteiger partial charge in [-0.15, -0.1) is 0 Å². The number of hydrogen-bond acceptors (Lipinski definition) is 1. The number of halogens is 2. The summed E-state index contributed by atoms with van der Waals surface area (Å²) in [4.78, 5) is 4.22. The highest BCUT2D eigenvalue weighted by molar-refractivity contribution is 9.10. The van der Waals surface area contributed by atoms with Gasteiger partial charge in [-0.3, -0.25) is 0 Å². The summed E-state index contributed by atoms with van der Waals surface area (Å²) >= 11 is 3.12. The molecule has 0 atom stereocenters. The second-order valence-corrected chi connectivity index (χ2v) is 5.81. The molecule has 2 aromatic carbocycles. The number of rotatable bonds is 3. The van der Waals surface area contributed by atoms with E-state index in [0.29, 0.717) is 17.0 Å². The Morgan fingerprint density at radius 3 is 2.48 bits per heavy atom. The van der Waals surface area contributed by atoms with Crippen LogP contribution in [0.3, 0.4) is 0 Å². The molecule has 5 heteroatoms. The molecule has 0 unspecified atom stereocenters. The molecule has 0 aliphatic heterocycles. The second-order valence-electron chi connectivity index (χ2n) is 4.95. The van der Waals surface area contributed by atoms with Gasteiger partial charge in [-0.2, -0.15) is 0 Å². The molecule has 0 amide bonds. The largest absolute Gasteiger partial charge is 0.370 e. The minimum absolute atomic E-state index is 0.302. The number of nitrogens with two attached hydrogens (primary N) is 1. The van der Waals surface area contributed by atoms with Crippen molar-refractivity contribution in [2.24, 2.45) is 10.7 Å². The smallest absolute Gasteiger partial charge is 0.193 e. The van der Waals surface area contributed by atoms with E-state index in [0.717, 1.165) is 22.4 Å². The van der Waals surface area contributed by atoms with E-state index in [9.17, 15) is 4.39 Å². The lowest BCUT2D eigenvalue weighted by Crippen LogP contribution is -2.22. The molecule has 2 rings (SSSR count). The molecule has 3 nitrogen and oxygen atoms in total. The van der Waals surface area contributed by atoms with Crippen LogP contribution in [0.5, 0.6) is 0 Å². The number of guanidine groups is 1. The first-order valence-electron chi connectivity index (χ1n) is 6.53. The standard InChI is InChI=1S/C16H17BrFN3/c1-10-5-11(2)7-13(6-10)21-16(19)20-9-12-3-4-14(17)15(18)8-12/h3-8H,9H2,1-2H3,(H3,19,20,21). The molecule has 21 heavy (non-hydrogen) atoms. The van der Waals surface area contributed by atoms with E-state index in [-0.39, 0.29) is 5.82 Å². The average Bonchev–Trinajstić information content (AvgIpc) is 2.39. The summed E-state index contributed by atoms with van der Waals surface area (Å²) in [5.74, 6) is 0.00636. The molecule has 0 radical (unpaired) electrons. The molecule has 110 valence electrons. The summed E-state index contributed by atoms with van der Waals surface area (Å²) in [6.07, 6.45) is 0. The maximum absolute atomic E-state index is 13.4. The molecule has 0 bridgehead atoms. The van der Waals surface area contributed by atoms with Gasteiger partial charge in [0.1, 0.15) is 5.82 Å². The van der Waals surface area contributed by atoms with Crippen LogP contribution in [0.15, 0.2) is 45.9 Å². The van der Waals surface area contributed by atoms with E-state index < -0.39 is 0 Å². The van der Waals surface area contributed by atoms with Gasteiger partial charge in [0, 0.05) is 5.69 Å². The minimum Gasteiger partial charge on any atom is -0.370 e. The van der Waals surface area contributed by atoms with Gasteiger partial charge in [-0.05, 0) is 70.7 Å². The highest BCUT2D eigenvalue weighted by atomic mass is 79.9. The van der Waals surface area contributed by atoms with E-state index in [1.54, 1.807) is 12.1 Å². The number of aryl methyl sites for hydroxylation is 2. The van der Waals surface area contributed by atoms with E-state index in [1.807, 2.05) is 26.0 Å². The van der Waals surface area contributed by atoms with Gasteiger partial charge < -0.3 is 11.1 Å². The Labute approximate surface area is 132 Å². The van der Waals surface area contributed by atoms with Gasteiger partial charge in [0.2, 0.25) is 0 Å². The minimum atomic E-state index is -0.302. The number of benzene rings is 2. The monoisotopic (exact) mass is 349 g/mol. The first kappa shape index (κ1) is 15.5. The lowest BCUT2D eigenvalue weighted by molar-refractivity contribution is 0.619. The molecule has 3 N–H and O–H groups in total. The number of anilines is 1. The first-order chi connectivity index (χ1) is 9.94. The lowest BCUT2D eigenvalue weighted by Gasteiger charge is -2.08. The van der Waals surface area contributed by atoms with Gasteiger partial charge in [-0.1, -0.05) is 12.1 Å². The van der Waals surface area contributed by atoms with Crippen LogP contribution in [-0.4, -0.2) is 5.96 Å². The third kappa shape index (κ3) is 4.56. The summed E-state index contributed by atoms with van der Waals surface area (Å²) in [6.45, 7) is 4.38. The first-order valence-corrected chi connectivity index (χ1v) is 7.32. The maximum atomic E-state index is 13.4. The zero-order chi connectivity index (χ0) is 15.4. The van der Waals surface area contributed by atoms with Crippen LogP contribution in [-0.2, 0) is 6.54 Å². The topological polar surface area (TPSA) is 50.4 Å². The van der Waals surface area contributed by atoms with Crippen molar-refractivity contribution in [1.29, 1.82) is 0 Å². The molecular weight excluding hydrogens is 333 g/mol. The lowest BCUT2D eigenvalue weighted by atomic mass is 10.1. The van der Waals surface area contributed by atoms with Crippen molar-refractivity contribution in [1.82, 2.24) is 0 Å². The van der Waals surface area contributed by atoms with E-state index in [2.05, 4.69) is 32.3 Å². The van der Waals surface area contributed by atoms with Crippen LogP contribution < -0.4 is 11.1 Å². The molecule has 0 heterocycles. The Balaban J connectivity index is 2.05. The van der Waals surface area contributed by atoms with E-state index >= 15 is 0 Å². The quantitative estimate of drug-likeness (QED) is 0.646. The number of hydrogen-bond donors (Lipinski definition) is 2. The Hall–Kier alpha value is -1.88. The molecule has 0 saturated heterocycles. The van der Waals surface area contributed by atoms with Crippen LogP contribution in [0, 0.1) is 19.7 Å². The fraction of sp³-hybridized carbons (Fsp3) is 0.188. The van der Waals surface area contributed by atoms with Crippen molar-refractivity contribution in [3.63, 3.8) is 0 Å². The molecule has 2 aromatic rings. The predicted octanol–water partition coefficient (Wildman–Crippen LogP) is 4.13. The normalized spacial score (nSPS) is 11.5. The summed E-state index contributed by atoms with van der Waals surface area (Å²) < 4.78 is 13.8.